The molecule has 0 spiro atoms. The molecule has 0 fully saturated rings. The van der Waals surface area contributed by atoms with Crippen LogP contribution in [-0.4, -0.2) is 5.10 Å². The number of H-pyrrole nitrogens is 1. The number of nitrogens with zero attached hydrogens (tertiary/aromatic N) is 1. The average Bonchev–Trinajstić information content (AvgIpc) is 2.62. The number of hydrogen-bond donors (Lipinski definition) is 2. The lowest BCUT2D eigenvalue weighted by Crippen LogP contribution is -2.35. The molecule has 0 radical (unpaired) electrons. The van der Waals surface area contributed by atoms with E-state index >= 15 is 0 Å². The molecular formula is C12H16N3+. The highest BCUT2D eigenvalue weighted by atomic mass is 15.3. The first kappa shape index (κ1) is 9.77. The maximum atomic E-state index is 5.94. The summed E-state index contributed by atoms with van der Waals surface area (Å²) in [6, 6.07) is 12.0. The van der Waals surface area contributed by atoms with Crippen molar-refractivity contribution in [2.75, 3.05) is 5.73 Å². The van der Waals surface area contributed by atoms with Crippen LogP contribution in [0.2, 0.25) is 0 Å². The van der Waals surface area contributed by atoms with Crippen molar-refractivity contribution in [3.63, 3.8) is 0 Å². The van der Waals surface area contributed by atoms with Gasteiger partial charge in [-0.05, 0) is 18.1 Å². The van der Waals surface area contributed by atoms with Crippen LogP contribution in [0.4, 0.5) is 5.82 Å². The molecule has 1 aromatic carbocycles. The van der Waals surface area contributed by atoms with E-state index in [1.165, 1.54) is 0 Å². The van der Waals surface area contributed by atoms with Gasteiger partial charge in [0.05, 0.1) is 11.8 Å². The second-order valence-corrected chi connectivity index (χ2v) is 3.96. The molecule has 0 aliphatic rings. The second-order valence-electron chi connectivity index (χ2n) is 3.96. The Labute approximate surface area is 89.5 Å². The average molecular weight is 202 g/mol. The van der Waals surface area contributed by atoms with E-state index in [0.717, 1.165) is 17.2 Å². The van der Waals surface area contributed by atoms with Gasteiger partial charge in [0.1, 0.15) is 0 Å². The van der Waals surface area contributed by atoms with Crippen LogP contribution in [0.3, 0.4) is 0 Å². The lowest BCUT2D eigenvalue weighted by molar-refractivity contribution is -0.641. The fourth-order valence-corrected chi connectivity index (χ4v) is 1.54. The third kappa shape index (κ3) is 1.86. The Balaban J connectivity index is 2.45. The summed E-state index contributed by atoms with van der Waals surface area (Å²) in [7, 11) is 0. The second kappa shape index (κ2) is 3.77. The smallest absolute Gasteiger partial charge is 0.285 e. The van der Waals surface area contributed by atoms with Crippen molar-refractivity contribution in [2.45, 2.75) is 19.8 Å². The highest BCUT2D eigenvalue weighted by molar-refractivity contribution is 5.30. The lowest BCUT2D eigenvalue weighted by Gasteiger charge is -1.98. The number of nitrogen functional groups attached to an aromatic ring is 1. The number of hydrogen-bond acceptors (Lipinski definition) is 1. The Morgan fingerprint density at radius 1 is 1.20 bits per heavy atom. The molecule has 1 heterocycles. The largest absolute Gasteiger partial charge is 0.298 e. The molecule has 0 aliphatic heterocycles. The molecule has 0 bridgehead atoms. The summed E-state index contributed by atoms with van der Waals surface area (Å²) in [5.41, 5.74) is 8.15. The van der Waals surface area contributed by atoms with Gasteiger partial charge in [0, 0.05) is 0 Å². The maximum Gasteiger partial charge on any atom is 0.298 e. The Morgan fingerprint density at radius 2 is 1.87 bits per heavy atom. The molecule has 0 aliphatic carbocycles. The van der Waals surface area contributed by atoms with Gasteiger partial charge in [0.15, 0.2) is 5.69 Å². The molecule has 3 heteroatoms. The zero-order valence-corrected chi connectivity index (χ0v) is 9.07. The topological polar surface area (TPSA) is 45.7 Å². The maximum absolute atomic E-state index is 5.94. The third-order valence-corrected chi connectivity index (χ3v) is 2.44. The van der Waals surface area contributed by atoms with Crippen molar-refractivity contribution in [1.29, 1.82) is 0 Å². The van der Waals surface area contributed by atoms with Crippen LogP contribution >= 0.6 is 0 Å². The zero-order valence-electron chi connectivity index (χ0n) is 9.07. The molecule has 0 saturated carbocycles. The zero-order chi connectivity index (χ0) is 10.8. The van der Waals surface area contributed by atoms with Gasteiger partial charge in [-0.3, -0.25) is 5.73 Å². The van der Waals surface area contributed by atoms with Crippen molar-refractivity contribution in [1.82, 2.24) is 5.10 Å². The van der Waals surface area contributed by atoms with E-state index < -0.39 is 0 Å². The van der Waals surface area contributed by atoms with E-state index in [1.807, 2.05) is 41.1 Å². The Hall–Kier alpha value is -1.77. The van der Waals surface area contributed by atoms with Crippen molar-refractivity contribution in [3.8, 4) is 5.69 Å². The van der Waals surface area contributed by atoms with E-state index in [4.69, 9.17) is 5.73 Å². The van der Waals surface area contributed by atoms with Gasteiger partial charge in [0.25, 0.3) is 5.82 Å². The normalized spacial score (nSPS) is 10.9. The highest BCUT2D eigenvalue weighted by Crippen LogP contribution is 2.13. The van der Waals surface area contributed by atoms with E-state index in [2.05, 4.69) is 18.9 Å². The predicted octanol–water partition coefficient (Wildman–Crippen LogP) is 2.00. The minimum absolute atomic E-state index is 0.456. The molecule has 3 N–H and O–H groups in total. The van der Waals surface area contributed by atoms with Crippen molar-refractivity contribution < 1.29 is 4.68 Å². The van der Waals surface area contributed by atoms with Crippen LogP contribution in [0, 0.1) is 0 Å². The minimum Gasteiger partial charge on any atom is -0.285 e. The number of para-hydroxylation sites is 1. The first-order valence-corrected chi connectivity index (χ1v) is 5.14. The van der Waals surface area contributed by atoms with Crippen molar-refractivity contribution >= 4 is 5.82 Å². The summed E-state index contributed by atoms with van der Waals surface area (Å²) in [6.45, 7) is 4.28. The molecule has 15 heavy (non-hydrogen) atoms. The molecule has 2 rings (SSSR count). The van der Waals surface area contributed by atoms with Crippen LogP contribution in [0.1, 0.15) is 25.5 Å². The number of aromatic nitrogens is 2. The van der Waals surface area contributed by atoms with Gasteiger partial charge in [-0.25, -0.2) is 5.10 Å². The van der Waals surface area contributed by atoms with Crippen molar-refractivity contribution in [3.05, 3.63) is 42.1 Å². The summed E-state index contributed by atoms with van der Waals surface area (Å²) >= 11 is 0. The fraction of sp³-hybridized carbons (Fsp3) is 0.250. The number of rotatable bonds is 2. The molecule has 3 nitrogen and oxygen atoms in total. The molecular weight excluding hydrogens is 186 g/mol. The first-order chi connectivity index (χ1) is 7.18. The van der Waals surface area contributed by atoms with Gasteiger partial charge < -0.3 is 0 Å². The summed E-state index contributed by atoms with van der Waals surface area (Å²) < 4.78 is 1.90. The van der Waals surface area contributed by atoms with Crippen LogP contribution in [0.15, 0.2) is 36.4 Å². The van der Waals surface area contributed by atoms with Gasteiger partial charge in [-0.15, -0.1) is 4.68 Å². The minimum atomic E-state index is 0.456. The highest BCUT2D eigenvalue weighted by Gasteiger charge is 2.13. The first-order valence-electron chi connectivity index (χ1n) is 5.14. The van der Waals surface area contributed by atoms with Gasteiger partial charge in [0.2, 0.25) is 0 Å². The van der Waals surface area contributed by atoms with E-state index in [-0.39, 0.29) is 0 Å². The molecule has 0 saturated heterocycles. The Bertz CT molecular complexity index is 443. The summed E-state index contributed by atoms with van der Waals surface area (Å²) in [5.74, 6) is 1.20. The standard InChI is InChI=1S/C12H15N3/c1-9(2)11-8-12(13)15(14-11)10-6-4-3-5-7-10/h3-9H,1-2H3,(H2,13,14)/p+1. The van der Waals surface area contributed by atoms with E-state index in [9.17, 15) is 0 Å². The Kier molecular flexibility index (Phi) is 2.46. The SMILES string of the molecule is CC(C)c1cc(N)[n+](-c2ccccc2)[nH]1. The molecule has 0 amide bonds. The number of benzene rings is 1. The quantitative estimate of drug-likeness (QED) is 0.719. The number of nitrogens with two attached hydrogens (primary N) is 1. The number of anilines is 1. The third-order valence-electron chi connectivity index (χ3n) is 2.44. The summed E-state index contributed by atoms with van der Waals surface area (Å²) in [6.07, 6.45) is 0. The Morgan fingerprint density at radius 3 is 2.40 bits per heavy atom. The monoisotopic (exact) mass is 202 g/mol. The van der Waals surface area contributed by atoms with Crippen LogP contribution < -0.4 is 10.4 Å². The number of aromatic amines is 1. The lowest BCUT2D eigenvalue weighted by atomic mass is 10.1. The molecule has 0 unspecified atom stereocenters. The molecule has 0 atom stereocenters. The molecule has 2 aromatic rings. The van der Waals surface area contributed by atoms with Gasteiger partial charge >= 0.3 is 0 Å². The summed E-state index contributed by atoms with van der Waals surface area (Å²) in [4.78, 5) is 0. The fourth-order valence-electron chi connectivity index (χ4n) is 1.54. The summed E-state index contributed by atoms with van der Waals surface area (Å²) in [5, 5.41) is 3.29. The predicted molar refractivity (Wildman–Crippen MR) is 60.8 cm³/mol. The van der Waals surface area contributed by atoms with E-state index in [0.29, 0.717) is 5.92 Å². The van der Waals surface area contributed by atoms with Gasteiger partial charge in [-0.2, -0.15) is 0 Å². The van der Waals surface area contributed by atoms with E-state index in [1.54, 1.807) is 0 Å². The van der Waals surface area contributed by atoms with Crippen LogP contribution in [-0.2, 0) is 0 Å². The van der Waals surface area contributed by atoms with Crippen LogP contribution in [0.25, 0.3) is 5.69 Å². The van der Waals surface area contributed by atoms with Crippen molar-refractivity contribution in [2.24, 2.45) is 0 Å². The number of nitrogens with one attached hydrogen (secondary N) is 1. The van der Waals surface area contributed by atoms with Gasteiger partial charge in [-0.1, -0.05) is 32.0 Å². The molecule has 1 aromatic heterocycles. The molecule has 78 valence electrons. The van der Waals surface area contributed by atoms with Crippen LogP contribution in [0.5, 0.6) is 0 Å².